The van der Waals surface area contributed by atoms with Crippen LogP contribution in [0.3, 0.4) is 0 Å². The molecule has 11 heteroatoms. The summed E-state index contributed by atoms with van der Waals surface area (Å²) in [5.41, 5.74) is 1.06. The molecule has 0 radical (unpaired) electrons. The second-order valence-electron chi connectivity index (χ2n) is 5.83. The molecule has 0 spiro atoms. The fourth-order valence-electron chi connectivity index (χ4n) is 2.69. The van der Waals surface area contributed by atoms with Crippen molar-refractivity contribution in [2.75, 3.05) is 0 Å². The van der Waals surface area contributed by atoms with Crippen molar-refractivity contribution < 1.29 is 9.31 Å². The van der Waals surface area contributed by atoms with E-state index in [0.29, 0.717) is 17.0 Å². The normalized spacial score (nSPS) is 11.2. The highest BCUT2D eigenvalue weighted by Gasteiger charge is 2.17. The van der Waals surface area contributed by atoms with Crippen molar-refractivity contribution in [3.05, 3.63) is 74.8 Å². The van der Waals surface area contributed by atoms with E-state index in [1.165, 1.54) is 56.8 Å². The van der Waals surface area contributed by atoms with Gasteiger partial charge in [0.1, 0.15) is 24.2 Å². The van der Waals surface area contributed by atoms with Crippen LogP contribution in [-0.2, 0) is 6.67 Å². The first-order chi connectivity index (χ1) is 12.9. The lowest BCUT2D eigenvalue weighted by Crippen LogP contribution is -2.25. The fraction of sp³-hybridized carbons (Fsp3) is 0.125. The van der Waals surface area contributed by atoms with Gasteiger partial charge in [-0.3, -0.25) is 9.36 Å². The lowest BCUT2D eigenvalue weighted by atomic mass is 10.3. The number of hydrogen-bond donors (Lipinski definition) is 0. The standard InChI is InChI=1S/C16H12FN7O3/c1-10-6-14(24(26)27)20-22(10)9-21-8-18-15-13(16(21)25)7-19-23(15)12-4-2-11(17)3-5-12/h2-8H,9H2,1H3. The number of hydrogen-bond acceptors (Lipinski definition) is 6. The van der Waals surface area contributed by atoms with Gasteiger partial charge in [0.25, 0.3) is 5.56 Å². The highest BCUT2D eigenvalue weighted by molar-refractivity contribution is 5.74. The minimum atomic E-state index is -0.597. The van der Waals surface area contributed by atoms with E-state index in [2.05, 4.69) is 15.2 Å². The van der Waals surface area contributed by atoms with E-state index < -0.39 is 4.92 Å². The molecule has 0 aliphatic rings. The SMILES string of the molecule is Cc1cc([N+](=O)[O-])nn1Cn1cnc2c(cnn2-c2ccc(F)cc2)c1=O. The summed E-state index contributed by atoms with van der Waals surface area (Å²) in [5, 5.41) is 19.1. The third kappa shape index (κ3) is 2.84. The van der Waals surface area contributed by atoms with Crippen molar-refractivity contribution in [2.45, 2.75) is 13.6 Å². The molecule has 0 aliphatic heterocycles. The maximum atomic E-state index is 13.1. The predicted molar refractivity (Wildman–Crippen MR) is 92.1 cm³/mol. The zero-order chi connectivity index (χ0) is 19.1. The van der Waals surface area contributed by atoms with Crippen LogP contribution in [0, 0.1) is 22.9 Å². The summed E-state index contributed by atoms with van der Waals surface area (Å²) >= 11 is 0. The van der Waals surface area contributed by atoms with E-state index in [1.54, 1.807) is 6.92 Å². The number of aryl methyl sites for hydroxylation is 1. The smallest absolute Gasteiger partial charge is 0.358 e. The van der Waals surface area contributed by atoms with Gasteiger partial charge >= 0.3 is 5.82 Å². The van der Waals surface area contributed by atoms with E-state index in [9.17, 15) is 19.3 Å². The number of fused-ring (bicyclic) bond motifs is 1. The van der Waals surface area contributed by atoms with Crippen LogP contribution in [0.25, 0.3) is 16.7 Å². The van der Waals surface area contributed by atoms with E-state index in [0.717, 1.165) is 0 Å². The van der Waals surface area contributed by atoms with Gasteiger partial charge in [0.05, 0.1) is 28.7 Å². The molecule has 27 heavy (non-hydrogen) atoms. The molecular formula is C16H12FN7O3. The van der Waals surface area contributed by atoms with Crippen LogP contribution in [0.4, 0.5) is 10.2 Å². The van der Waals surface area contributed by atoms with Crippen molar-refractivity contribution >= 4 is 16.9 Å². The summed E-state index contributed by atoms with van der Waals surface area (Å²) in [4.78, 5) is 27.2. The third-order valence-corrected chi connectivity index (χ3v) is 4.07. The largest absolute Gasteiger partial charge is 0.390 e. The average molecular weight is 369 g/mol. The first kappa shape index (κ1) is 16.6. The summed E-state index contributed by atoms with van der Waals surface area (Å²) < 4.78 is 17.2. The molecule has 0 atom stereocenters. The van der Waals surface area contributed by atoms with Gasteiger partial charge < -0.3 is 10.1 Å². The van der Waals surface area contributed by atoms with Gasteiger partial charge in [0.15, 0.2) is 5.65 Å². The minimum absolute atomic E-state index is 0.0246. The summed E-state index contributed by atoms with van der Waals surface area (Å²) in [6.07, 6.45) is 2.70. The first-order valence-electron chi connectivity index (χ1n) is 7.82. The molecule has 0 unspecified atom stereocenters. The van der Waals surface area contributed by atoms with Gasteiger partial charge in [0, 0.05) is 0 Å². The molecule has 0 fully saturated rings. The zero-order valence-corrected chi connectivity index (χ0v) is 14.0. The summed E-state index contributed by atoms with van der Waals surface area (Å²) in [6.45, 7) is 1.63. The quantitative estimate of drug-likeness (QED) is 0.399. The van der Waals surface area contributed by atoms with Crippen molar-refractivity contribution in [3.63, 3.8) is 0 Å². The topological polar surface area (TPSA) is 114 Å². The molecule has 136 valence electrons. The summed E-state index contributed by atoms with van der Waals surface area (Å²) in [6, 6.07) is 6.96. The van der Waals surface area contributed by atoms with Gasteiger partial charge in [-0.25, -0.2) is 14.1 Å². The van der Waals surface area contributed by atoms with E-state index in [4.69, 9.17) is 0 Å². The molecule has 3 heterocycles. The lowest BCUT2D eigenvalue weighted by Gasteiger charge is -2.06. The fourth-order valence-corrected chi connectivity index (χ4v) is 2.69. The number of benzene rings is 1. The first-order valence-corrected chi connectivity index (χ1v) is 7.82. The summed E-state index contributed by atoms with van der Waals surface area (Å²) in [5.74, 6) is -0.673. The molecule has 0 bridgehead atoms. The van der Waals surface area contributed by atoms with Gasteiger partial charge in [-0.2, -0.15) is 9.78 Å². The van der Waals surface area contributed by atoms with Crippen LogP contribution in [0.15, 0.2) is 47.7 Å². The number of halogens is 1. The molecule has 0 N–H and O–H groups in total. The van der Waals surface area contributed by atoms with Crippen molar-refractivity contribution in [1.29, 1.82) is 0 Å². The molecule has 10 nitrogen and oxygen atoms in total. The van der Waals surface area contributed by atoms with Crippen molar-refractivity contribution in [3.8, 4) is 5.69 Å². The Bertz CT molecular complexity index is 1220. The monoisotopic (exact) mass is 369 g/mol. The number of aromatic nitrogens is 6. The van der Waals surface area contributed by atoms with Crippen LogP contribution in [0.2, 0.25) is 0 Å². The second kappa shape index (κ2) is 6.12. The Morgan fingerprint density at radius 3 is 2.67 bits per heavy atom. The Labute approximate surface area is 150 Å². The molecule has 0 saturated heterocycles. The van der Waals surface area contributed by atoms with Crippen LogP contribution in [0.1, 0.15) is 5.69 Å². The number of rotatable bonds is 4. The van der Waals surface area contributed by atoms with Crippen LogP contribution < -0.4 is 5.56 Å². The molecule has 4 aromatic rings. The molecular weight excluding hydrogens is 357 g/mol. The predicted octanol–water partition coefficient (Wildman–Crippen LogP) is 1.64. The maximum Gasteiger partial charge on any atom is 0.390 e. The molecule has 4 rings (SSSR count). The number of nitro groups is 1. The molecule has 0 saturated carbocycles. The molecule has 1 aromatic carbocycles. The van der Waals surface area contributed by atoms with Gasteiger partial charge in [-0.1, -0.05) is 0 Å². The van der Waals surface area contributed by atoms with Gasteiger partial charge in [-0.15, -0.1) is 0 Å². The van der Waals surface area contributed by atoms with E-state index in [1.807, 2.05) is 0 Å². The van der Waals surface area contributed by atoms with E-state index in [-0.39, 0.29) is 29.2 Å². The van der Waals surface area contributed by atoms with Gasteiger partial charge in [0.2, 0.25) is 0 Å². The maximum absolute atomic E-state index is 13.1. The van der Waals surface area contributed by atoms with Gasteiger partial charge in [-0.05, 0) is 36.1 Å². The Morgan fingerprint density at radius 2 is 2.00 bits per heavy atom. The molecule has 3 aromatic heterocycles. The van der Waals surface area contributed by atoms with E-state index >= 15 is 0 Å². The van der Waals surface area contributed by atoms with Crippen LogP contribution >= 0.6 is 0 Å². The Balaban J connectivity index is 1.74. The minimum Gasteiger partial charge on any atom is -0.358 e. The lowest BCUT2D eigenvalue weighted by molar-refractivity contribution is -0.389. The average Bonchev–Trinajstić information content (AvgIpc) is 3.23. The third-order valence-electron chi connectivity index (χ3n) is 4.07. The Hall–Kier alpha value is -3.89. The van der Waals surface area contributed by atoms with Crippen LogP contribution in [-0.4, -0.2) is 34.0 Å². The Kier molecular flexibility index (Phi) is 3.76. The van der Waals surface area contributed by atoms with Crippen molar-refractivity contribution in [1.82, 2.24) is 29.1 Å². The zero-order valence-electron chi connectivity index (χ0n) is 14.0. The number of nitrogens with zero attached hydrogens (tertiary/aromatic N) is 7. The summed E-state index contributed by atoms with van der Waals surface area (Å²) in [7, 11) is 0. The molecule has 0 amide bonds. The Morgan fingerprint density at radius 1 is 1.26 bits per heavy atom. The highest BCUT2D eigenvalue weighted by Crippen LogP contribution is 2.15. The second-order valence-corrected chi connectivity index (χ2v) is 5.83. The van der Waals surface area contributed by atoms with Crippen molar-refractivity contribution in [2.24, 2.45) is 0 Å². The highest BCUT2D eigenvalue weighted by atomic mass is 19.1. The van der Waals surface area contributed by atoms with Crippen LogP contribution in [0.5, 0.6) is 0 Å². The molecule has 0 aliphatic carbocycles.